The molecule has 0 unspecified atom stereocenters. The van der Waals surface area contributed by atoms with Crippen molar-refractivity contribution in [3.05, 3.63) is 71.9 Å². The molecule has 9 nitrogen and oxygen atoms in total. The van der Waals surface area contributed by atoms with Gasteiger partial charge in [0.25, 0.3) is 0 Å². The summed E-state index contributed by atoms with van der Waals surface area (Å²) in [6.45, 7) is 9.13. The van der Waals surface area contributed by atoms with Gasteiger partial charge in [-0.2, -0.15) is 0 Å². The van der Waals surface area contributed by atoms with Crippen molar-refractivity contribution in [3.8, 4) is 5.75 Å². The van der Waals surface area contributed by atoms with Crippen molar-refractivity contribution in [2.24, 2.45) is 11.8 Å². The molecule has 43 heavy (non-hydrogen) atoms. The lowest BCUT2D eigenvalue weighted by Gasteiger charge is -2.29. The van der Waals surface area contributed by atoms with Gasteiger partial charge in [0.1, 0.15) is 17.9 Å². The maximum atomic E-state index is 13.0. The minimum absolute atomic E-state index is 0.0322. The minimum Gasteiger partial charge on any atom is -0.508 e. The number of allylic oxidation sites excluding steroid dienone is 5. The molecular formula is C34H48N2O7. The summed E-state index contributed by atoms with van der Waals surface area (Å²) in [7, 11) is 1.53. The van der Waals surface area contributed by atoms with Crippen LogP contribution in [0.1, 0.15) is 65.9 Å². The van der Waals surface area contributed by atoms with Gasteiger partial charge in [0.05, 0.1) is 18.6 Å². The fourth-order valence-corrected chi connectivity index (χ4v) is 4.70. The number of nitrogens with one attached hydrogen (secondary N) is 2. The predicted molar refractivity (Wildman–Crippen MR) is 168 cm³/mol. The molecule has 0 aromatic heterocycles. The zero-order valence-electron chi connectivity index (χ0n) is 26.2. The van der Waals surface area contributed by atoms with E-state index in [1.807, 2.05) is 52.0 Å². The summed E-state index contributed by atoms with van der Waals surface area (Å²) in [5.41, 5.74) is 2.05. The van der Waals surface area contributed by atoms with Crippen LogP contribution in [0, 0.1) is 11.8 Å². The van der Waals surface area contributed by atoms with Gasteiger partial charge in [-0.3, -0.25) is 9.59 Å². The Hall–Kier alpha value is -3.69. The van der Waals surface area contributed by atoms with Crippen LogP contribution in [0.4, 0.5) is 5.69 Å². The molecule has 236 valence electrons. The number of fused-ring (bicyclic) bond motifs is 2. The number of phenols is 1. The maximum absolute atomic E-state index is 13.0. The smallest absolute Gasteiger partial charge is 0.328 e. The van der Waals surface area contributed by atoms with Crippen LogP contribution in [-0.2, 0) is 30.3 Å². The first-order valence-electron chi connectivity index (χ1n) is 14.9. The van der Waals surface area contributed by atoms with Crippen LogP contribution in [0.2, 0.25) is 0 Å². The monoisotopic (exact) mass is 596 g/mol. The maximum Gasteiger partial charge on any atom is 0.328 e. The van der Waals surface area contributed by atoms with Gasteiger partial charge in [0, 0.05) is 31.2 Å². The Morgan fingerprint density at radius 1 is 1.12 bits per heavy atom. The average molecular weight is 597 g/mol. The number of ether oxygens (including phenoxy) is 2. The Bertz CT molecular complexity index is 1200. The number of aliphatic hydroxyl groups is 1. The van der Waals surface area contributed by atoms with Gasteiger partial charge in [-0.15, -0.1) is 0 Å². The highest BCUT2D eigenvalue weighted by Gasteiger charge is 2.30. The third-order valence-corrected chi connectivity index (χ3v) is 7.12. The molecule has 1 aliphatic rings. The van der Waals surface area contributed by atoms with E-state index >= 15 is 0 Å². The number of carbonyl (C=O) groups excluding carboxylic acids is 3. The summed E-state index contributed by atoms with van der Waals surface area (Å²) in [4.78, 5) is 37.9. The van der Waals surface area contributed by atoms with Gasteiger partial charge in [0.15, 0.2) is 0 Å². The van der Waals surface area contributed by atoms with Crippen LogP contribution in [0.3, 0.4) is 0 Å². The molecule has 0 aliphatic carbocycles. The SMILES string of the molecule is CO[C@H]1\C=C/C=C\C=C/C[C@H](O)[C@H](C)[C@@H](OC(=O)[C@@H](C)NC(=O)CC(C)C)/C(C)=C\CCc2cc(O)cc(c2)NC(=O)C1. The van der Waals surface area contributed by atoms with E-state index in [1.54, 1.807) is 37.3 Å². The van der Waals surface area contributed by atoms with Gasteiger partial charge in [0.2, 0.25) is 11.8 Å². The minimum atomic E-state index is -0.842. The van der Waals surface area contributed by atoms with Crippen molar-refractivity contribution in [2.45, 2.75) is 91.1 Å². The number of methoxy groups -OCH3 is 1. The summed E-state index contributed by atoms with van der Waals surface area (Å²) in [5, 5.41) is 26.8. The average Bonchev–Trinajstić information content (AvgIpc) is 2.92. The largest absolute Gasteiger partial charge is 0.508 e. The van der Waals surface area contributed by atoms with E-state index < -0.39 is 36.2 Å². The second kappa shape index (κ2) is 18.1. The molecule has 1 heterocycles. The Labute approximate surface area is 255 Å². The molecule has 0 fully saturated rings. The number of amides is 2. The summed E-state index contributed by atoms with van der Waals surface area (Å²) in [5.74, 6) is -1.30. The highest BCUT2D eigenvalue weighted by Crippen LogP contribution is 2.25. The third-order valence-electron chi connectivity index (χ3n) is 7.12. The Kier molecular flexibility index (Phi) is 14.9. The lowest BCUT2D eigenvalue weighted by Crippen LogP contribution is -2.43. The first kappa shape index (κ1) is 35.5. The van der Waals surface area contributed by atoms with Crippen molar-refractivity contribution in [2.75, 3.05) is 12.4 Å². The Morgan fingerprint density at radius 3 is 2.53 bits per heavy atom. The van der Waals surface area contributed by atoms with E-state index in [0.717, 1.165) is 11.1 Å². The number of carbonyl (C=O) groups is 3. The second-order valence-electron chi connectivity index (χ2n) is 11.5. The van der Waals surface area contributed by atoms with Gasteiger partial charge in [-0.1, -0.05) is 63.3 Å². The van der Waals surface area contributed by atoms with Gasteiger partial charge in [-0.05, 0) is 62.3 Å². The van der Waals surface area contributed by atoms with Crippen LogP contribution >= 0.6 is 0 Å². The molecule has 4 N–H and O–H groups in total. The zero-order chi connectivity index (χ0) is 31.9. The van der Waals surface area contributed by atoms with Crippen molar-refractivity contribution < 1.29 is 34.1 Å². The summed E-state index contributed by atoms with van der Waals surface area (Å²) < 4.78 is 11.3. The first-order valence-corrected chi connectivity index (χ1v) is 14.9. The number of aryl methyl sites for hydroxylation is 1. The standard InChI is InChI=1S/C34H48N2O7/c1-22(2)17-31(39)35-25(5)34(41)43-33-23(3)13-12-14-26-18-27(20-28(37)19-26)36-32(40)21-29(42-6)15-10-8-7-9-11-16-30(38)24(33)4/h7-11,13,15,18-20,22,24-25,29-30,33,37-38H,12,14,16-17,21H2,1-6H3,(H,35,39)(H,36,40)/b8-7-,11-9-,15-10-,23-13-/t24-,25+,29-,30-,33-/m0/s1. The topological polar surface area (TPSA) is 134 Å². The van der Waals surface area contributed by atoms with E-state index in [1.165, 1.54) is 13.2 Å². The summed E-state index contributed by atoms with van der Waals surface area (Å²) in [6, 6.07) is 4.09. The zero-order valence-corrected chi connectivity index (χ0v) is 26.2. The van der Waals surface area contributed by atoms with Gasteiger partial charge in [-0.25, -0.2) is 4.79 Å². The van der Waals surface area contributed by atoms with Crippen LogP contribution in [-0.4, -0.2) is 59.5 Å². The molecule has 9 heteroatoms. The van der Waals surface area contributed by atoms with E-state index in [-0.39, 0.29) is 29.9 Å². The molecule has 0 radical (unpaired) electrons. The normalized spacial score (nSPS) is 26.5. The molecular weight excluding hydrogens is 548 g/mol. The molecule has 2 amide bonds. The van der Waals surface area contributed by atoms with Crippen LogP contribution in [0.25, 0.3) is 0 Å². The molecule has 0 saturated carbocycles. The molecule has 2 bridgehead atoms. The number of phenolic OH excluding ortho intramolecular Hbond substituents is 1. The number of aromatic hydroxyl groups is 1. The van der Waals surface area contributed by atoms with Crippen LogP contribution in [0.5, 0.6) is 5.75 Å². The molecule has 0 spiro atoms. The van der Waals surface area contributed by atoms with Gasteiger partial charge >= 0.3 is 5.97 Å². The van der Waals surface area contributed by atoms with Crippen LogP contribution < -0.4 is 10.6 Å². The summed E-state index contributed by atoms with van der Waals surface area (Å²) >= 11 is 0. The summed E-state index contributed by atoms with van der Waals surface area (Å²) in [6.07, 6.45) is 12.7. The van der Waals surface area contributed by atoms with Crippen LogP contribution in [0.15, 0.2) is 66.3 Å². The number of benzene rings is 1. The number of hydrogen-bond acceptors (Lipinski definition) is 7. The number of anilines is 1. The van der Waals surface area contributed by atoms with Crippen molar-refractivity contribution in [1.82, 2.24) is 5.32 Å². The van der Waals surface area contributed by atoms with Crippen molar-refractivity contribution in [3.63, 3.8) is 0 Å². The Balaban J connectivity index is 2.33. The van der Waals surface area contributed by atoms with Crippen molar-refractivity contribution >= 4 is 23.5 Å². The van der Waals surface area contributed by atoms with E-state index in [9.17, 15) is 24.6 Å². The van der Waals surface area contributed by atoms with E-state index in [4.69, 9.17) is 9.47 Å². The number of rotatable bonds is 6. The van der Waals surface area contributed by atoms with Gasteiger partial charge < -0.3 is 30.3 Å². The fraction of sp³-hybridized carbons (Fsp3) is 0.500. The molecule has 1 aliphatic heterocycles. The highest BCUT2D eigenvalue weighted by molar-refractivity contribution is 5.91. The molecule has 2 rings (SSSR count). The third kappa shape index (κ3) is 13.0. The lowest BCUT2D eigenvalue weighted by atomic mass is 9.90. The first-order chi connectivity index (χ1) is 20.4. The number of hydrogen-bond donors (Lipinski definition) is 4. The second-order valence-corrected chi connectivity index (χ2v) is 11.5. The van der Waals surface area contributed by atoms with Crippen molar-refractivity contribution in [1.29, 1.82) is 0 Å². The predicted octanol–water partition coefficient (Wildman–Crippen LogP) is 5.15. The number of aliphatic hydroxyl groups excluding tert-OH is 1. The fourth-order valence-electron chi connectivity index (χ4n) is 4.70. The molecule has 5 atom stereocenters. The Morgan fingerprint density at radius 2 is 1.84 bits per heavy atom. The van der Waals surface area contributed by atoms with E-state index in [0.29, 0.717) is 31.4 Å². The quantitative estimate of drug-likeness (QED) is 0.264. The molecule has 1 aromatic carbocycles. The van der Waals surface area contributed by atoms with E-state index in [2.05, 4.69) is 10.6 Å². The molecule has 0 saturated heterocycles. The number of esters is 1. The highest BCUT2D eigenvalue weighted by atomic mass is 16.5. The lowest BCUT2D eigenvalue weighted by molar-refractivity contribution is -0.154. The molecule has 1 aromatic rings.